The minimum Gasteiger partial charge on any atom is -0.488 e. The van der Waals surface area contributed by atoms with Crippen LogP contribution in [-0.2, 0) is 21.2 Å². The smallest absolute Gasteiger partial charge is 0.283 e. The Kier molecular flexibility index (Phi) is 5.82. The van der Waals surface area contributed by atoms with E-state index >= 15 is 0 Å². The van der Waals surface area contributed by atoms with Crippen molar-refractivity contribution in [2.45, 2.75) is 6.61 Å². The summed E-state index contributed by atoms with van der Waals surface area (Å²) in [5.41, 5.74) is 1.62. The summed E-state index contributed by atoms with van der Waals surface area (Å²) >= 11 is 4.22. The molecule has 11 heteroatoms. The Hall–Kier alpha value is -2.76. The fourth-order valence-corrected chi connectivity index (χ4v) is 5.22. The molecule has 2 heterocycles. The Bertz CT molecular complexity index is 1290. The second-order valence-corrected chi connectivity index (χ2v) is 10.1. The van der Waals surface area contributed by atoms with Crippen LogP contribution < -0.4 is 4.74 Å². The number of amides is 1. The molecule has 1 N–H and O–H groups in total. The van der Waals surface area contributed by atoms with E-state index in [-0.39, 0.29) is 21.7 Å². The lowest BCUT2D eigenvalue weighted by Gasteiger charge is -2.23. The van der Waals surface area contributed by atoms with E-state index in [1.54, 1.807) is 18.2 Å². The minimum atomic E-state index is -3.69. The van der Waals surface area contributed by atoms with Gasteiger partial charge in [-0.2, -0.15) is 9.39 Å². The summed E-state index contributed by atoms with van der Waals surface area (Å²) in [6.45, 7) is 0.404. The molecule has 4 rings (SSSR count). The number of sulfone groups is 1. The maximum atomic E-state index is 12.4. The molecule has 1 amide bonds. The molecule has 8 nitrogen and oxygen atoms in total. The Balaban J connectivity index is 1.58. The van der Waals surface area contributed by atoms with E-state index in [0.717, 1.165) is 28.7 Å². The van der Waals surface area contributed by atoms with Gasteiger partial charge in [0.15, 0.2) is 0 Å². The number of nitrogens with one attached hydrogen (secondary N) is 1. The van der Waals surface area contributed by atoms with Gasteiger partial charge in [-0.25, -0.2) is 13.3 Å². The van der Waals surface area contributed by atoms with Gasteiger partial charge in [-0.05, 0) is 45.3 Å². The highest BCUT2D eigenvalue weighted by Crippen LogP contribution is 2.31. The van der Waals surface area contributed by atoms with E-state index < -0.39 is 15.7 Å². The number of carbonyl (C=O) groups excluding carboxylic acids is 1. The van der Waals surface area contributed by atoms with Gasteiger partial charge in [-0.15, -0.1) is 0 Å². The first-order valence-electron chi connectivity index (χ1n) is 8.89. The van der Waals surface area contributed by atoms with Crippen LogP contribution in [0.1, 0.15) is 11.1 Å². The number of amidine groups is 3. The van der Waals surface area contributed by atoms with Crippen molar-refractivity contribution in [1.29, 1.82) is 5.41 Å². The number of ether oxygens (including phenoxy) is 1. The average Bonchev–Trinajstić information content (AvgIpc) is 3.15. The van der Waals surface area contributed by atoms with E-state index in [2.05, 4.69) is 25.3 Å². The number of aliphatic imine (C=N–C) groups is 1. The van der Waals surface area contributed by atoms with Crippen LogP contribution in [0, 0.1) is 5.41 Å². The van der Waals surface area contributed by atoms with Gasteiger partial charge >= 0.3 is 0 Å². The molecule has 0 unspecified atom stereocenters. The third kappa shape index (κ3) is 4.48. The second kappa shape index (κ2) is 8.40. The Morgan fingerprint density at radius 1 is 1.23 bits per heavy atom. The molecule has 0 aromatic heterocycles. The van der Waals surface area contributed by atoms with E-state index in [1.165, 1.54) is 6.08 Å². The summed E-state index contributed by atoms with van der Waals surface area (Å²) < 4.78 is 34.3. The Morgan fingerprint density at radius 3 is 2.65 bits per heavy atom. The normalized spacial score (nSPS) is 17.5. The molecule has 0 saturated carbocycles. The molecule has 2 aromatic carbocycles. The molecule has 0 fully saturated rings. The largest absolute Gasteiger partial charge is 0.488 e. The van der Waals surface area contributed by atoms with Gasteiger partial charge in [0.1, 0.15) is 18.2 Å². The highest BCUT2D eigenvalue weighted by Gasteiger charge is 2.41. The number of fused-ring (bicyclic) bond motifs is 1. The van der Waals surface area contributed by atoms with Crippen LogP contribution in [0.25, 0.3) is 6.08 Å². The number of hydrogen-bond acceptors (Lipinski definition) is 7. The molecule has 0 aliphatic carbocycles. The standard InChI is InChI=1S/C20H15BrN4O4S2/c1-31(27,28)20-24-30-19-23-18(26)14(17(22)25(19)20)9-13-7-8-16(15(21)10-13)29-11-12-5-3-2-4-6-12/h2-10,22H,11H2,1H3/b14-9-,22-17?. The fourth-order valence-electron chi connectivity index (χ4n) is 2.86. The number of nitrogens with zero attached hydrogens (tertiary/aromatic N) is 3. The molecule has 158 valence electrons. The summed E-state index contributed by atoms with van der Waals surface area (Å²) in [4.78, 5) is 17.4. The van der Waals surface area contributed by atoms with Crippen molar-refractivity contribution in [2.75, 3.05) is 6.26 Å². The van der Waals surface area contributed by atoms with Gasteiger partial charge in [-0.1, -0.05) is 36.4 Å². The van der Waals surface area contributed by atoms with E-state index in [9.17, 15) is 13.2 Å². The number of benzene rings is 2. The van der Waals surface area contributed by atoms with E-state index in [0.29, 0.717) is 22.4 Å². The monoisotopic (exact) mass is 518 g/mol. The lowest BCUT2D eigenvalue weighted by atomic mass is 10.1. The molecule has 0 bridgehead atoms. The SMILES string of the molecule is CS(=O)(=O)C1=NSC2=NC(=O)/C(=C\c3ccc(OCc4ccccc4)c(Br)c3)C(=N)N21. The van der Waals surface area contributed by atoms with Crippen molar-refractivity contribution in [3.8, 4) is 5.75 Å². The topological polar surface area (TPSA) is 112 Å². The van der Waals surface area contributed by atoms with Crippen LogP contribution in [0.5, 0.6) is 5.75 Å². The van der Waals surface area contributed by atoms with Crippen LogP contribution in [0.2, 0.25) is 0 Å². The third-order valence-electron chi connectivity index (χ3n) is 4.33. The van der Waals surface area contributed by atoms with Crippen LogP contribution in [0.15, 0.2) is 68.0 Å². The van der Waals surface area contributed by atoms with E-state index in [4.69, 9.17) is 10.1 Å². The van der Waals surface area contributed by atoms with Gasteiger partial charge in [0.05, 0.1) is 22.0 Å². The molecular weight excluding hydrogens is 504 g/mol. The molecule has 0 spiro atoms. The van der Waals surface area contributed by atoms with Gasteiger partial charge in [-0.3, -0.25) is 10.2 Å². The number of rotatable bonds is 4. The first-order valence-corrected chi connectivity index (χ1v) is 12.3. The zero-order valence-electron chi connectivity index (χ0n) is 16.1. The maximum Gasteiger partial charge on any atom is 0.283 e. The summed E-state index contributed by atoms with van der Waals surface area (Å²) in [5, 5.41) is 8.12. The molecular formula is C20H15BrN4O4S2. The number of carbonyl (C=O) groups is 1. The number of hydrogen-bond donors (Lipinski definition) is 1. The molecule has 0 radical (unpaired) electrons. The molecule has 0 saturated heterocycles. The molecule has 0 atom stereocenters. The van der Waals surface area contributed by atoms with Crippen molar-refractivity contribution in [3.63, 3.8) is 0 Å². The summed E-state index contributed by atoms with van der Waals surface area (Å²) in [6.07, 6.45) is 2.48. The van der Waals surface area contributed by atoms with Crippen molar-refractivity contribution >= 4 is 65.9 Å². The van der Waals surface area contributed by atoms with Crippen molar-refractivity contribution in [2.24, 2.45) is 9.39 Å². The number of halogens is 1. The second-order valence-electron chi connectivity index (χ2n) is 6.64. The first-order chi connectivity index (χ1) is 14.7. The average molecular weight is 519 g/mol. The van der Waals surface area contributed by atoms with Gasteiger partial charge < -0.3 is 4.74 Å². The van der Waals surface area contributed by atoms with Crippen molar-refractivity contribution in [3.05, 3.63) is 69.7 Å². The van der Waals surface area contributed by atoms with Crippen LogP contribution in [0.3, 0.4) is 0 Å². The summed E-state index contributed by atoms with van der Waals surface area (Å²) in [6, 6.07) is 15.0. The van der Waals surface area contributed by atoms with Gasteiger partial charge in [0.2, 0.25) is 20.2 Å². The molecule has 2 aliphatic heterocycles. The zero-order chi connectivity index (χ0) is 22.2. The van der Waals surface area contributed by atoms with E-state index in [1.807, 2.05) is 30.3 Å². The molecule has 2 aromatic rings. The highest BCUT2D eigenvalue weighted by atomic mass is 79.9. The minimum absolute atomic E-state index is 0.0348. The summed E-state index contributed by atoms with van der Waals surface area (Å²) in [5.74, 6) is -0.294. The molecule has 2 aliphatic rings. The first kappa shape index (κ1) is 21.5. The van der Waals surface area contributed by atoms with Crippen molar-refractivity contribution < 1.29 is 17.9 Å². The Morgan fingerprint density at radius 2 is 1.97 bits per heavy atom. The lowest BCUT2D eigenvalue weighted by Crippen LogP contribution is -2.45. The van der Waals surface area contributed by atoms with Crippen molar-refractivity contribution in [1.82, 2.24) is 4.90 Å². The van der Waals surface area contributed by atoms with Crippen LogP contribution in [0.4, 0.5) is 0 Å². The predicted molar refractivity (Wildman–Crippen MR) is 125 cm³/mol. The quantitative estimate of drug-likeness (QED) is 0.488. The third-order valence-corrected chi connectivity index (χ3v) is 6.70. The maximum absolute atomic E-state index is 12.4. The fraction of sp³-hybridized carbons (Fsp3) is 0.100. The lowest BCUT2D eigenvalue weighted by molar-refractivity contribution is -0.114. The van der Waals surface area contributed by atoms with Crippen LogP contribution >= 0.6 is 27.9 Å². The Labute approximate surface area is 191 Å². The summed E-state index contributed by atoms with van der Waals surface area (Å²) in [7, 11) is -3.69. The molecule has 31 heavy (non-hydrogen) atoms. The van der Waals surface area contributed by atoms with Crippen LogP contribution in [-0.4, -0.2) is 41.7 Å². The zero-order valence-corrected chi connectivity index (χ0v) is 19.3. The highest BCUT2D eigenvalue weighted by molar-refractivity contribution is 9.10. The van der Waals surface area contributed by atoms with Gasteiger partial charge in [0, 0.05) is 6.26 Å². The predicted octanol–water partition coefficient (Wildman–Crippen LogP) is 3.65. The van der Waals surface area contributed by atoms with Gasteiger partial charge in [0.25, 0.3) is 5.91 Å².